The third-order valence-corrected chi connectivity index (χ3v) is 8.50. The monoisotopic (exact) mass is 482 g/mol. The molecule has 0 bridgehead atoms. The SMILES string of the molecule is Cc1ccc2c(oc3c(Sc4ccc(C5CCCCC5)cc4)c(F)ccc32)c1-c1cccc[n+]1C. The van der Waals surface area contributed by atoms with Gasteiger partial charge in [0, 0.05) is 27.8 Å². The van der Waals surface area contributed by atoms with Gasteiger partial charge in [-0.05, 0) is 67.1 Å². The fourth-order valence-electron chi connectivity index (χ4n) is 5.51. The Morgan fingerprint density at radius 3 is 2.37 bits per heavy atom. The van der Waals surface area contributed by atoms with E-state index in [1.165, 1.54) is 49.4 Å². The van der Waals surface area contributed by atoms with Gasteiger partial charge in [0.15, 0.2) is 11.8 Å². The van der Waals surface area contributed by atoms with Crippen LogP contribution in [-0.2, 0) is 7.05 Å². The molecule has 0 radical (unpaired) electrons. The Morgan fingerprint density at radius 2 is 1.60 bits per heavy atom. The van der Waals surface area contributed by atoms with E-state index in [1.807, 2.05) is 31.4 Å². The first-order valence-electron chi connectivity index (χ1n) is 12.5. The zero-order valence-electron chi connectivity index (χ0n) is 20.2. The number of aryl methyl sites for hydroxylation is 2. The normalized spacial score (nSPS) is 14.7. The van der Waals surface area contributed by atoms with Crippen molar-refractivity contribution < 1.29 is 13.4 Å². The fraction of sp³-hybridized carbons (Fsp3) is 0.258. The Bertz CT molecular complexity index is 1530. The molecule has 2 aromatic heterocycles. The fourth-order valence-corrected chi connectivity index (χ4v) is 6.43. The van der Waals surface area contributed by atoms with Gasteiger partial charge in [0.05, 0.1) is 10.5 Å². The number of benzene rings is 3. The molecule has 35 heavy (non-hydrogen) atoms. The van der Waals surface area contributed by atoms with Gasteiger partial charge in [-0.3, -0.25) is 0 Å². The van der Waals surface area contributed by atoms with Gasteiger partial charge < -0.3 is 4.42 Å². The standard InChI is InChI=1S/C31H29FNOS/c1-20-11-16-24-25-17-18-26(32)31(30(25)34-29(24)28(20)27-10-6-7-19-33(27)2)35-23-14-12-22(13-15-23)21-8-4-3-5-9-21/h6-7,10-19,21H,3-5,8-9H2,1-2H3/q+1. The first-order valence-corrected chi connectivity index (χ1v) is 13.3. The van der Waals surface area contributed by atoms with Crippen molar-refractivity contribution in [2.24, 2.45) is 7.05 Å². The highest BCUT2D eigenvalue weighted by Gasteiger charge is 2.23. The van der Waals surface area contributed by atoms with E-state index in [-0.39, 0.29) is 5.82 Å². The quantitative estimate of drug-likeness (QED) is 0.238. The summed E-state index contributed by atoms with van der Waals surface area (Å²) < 4.78 is 23.8. The highest BCUT2D eigenvalue weighted by molar-refractivity contribution is 7.99. The number of hydrogen-bond donors (Lipinski definition) is 0. The van der Waals surface area contributed by atoms with E-state index < -0.39 is 0 Å². The molecule has 1 aliphatic rings. The summed E-state index contributed by atoms with van der Waals surface area (Å²) in [5.41, 5.74) is 6.09. The van der Waals surface area contributed by atoms with Crippen LogP contribution in [0.25, 0.3) is 33.2 Å². The third kappa shape index (κ3) is 4.04. The number of fused-ring (bicyclic) bond motifs is 3. The summed E-state index contributed by atoms with van der Waals surface area (Å²) in [5.74, 6) is 0.417. The predicted molar refractivity (Wildman–Crippen MR) is 141 cm³/mol. The molecule has 5 aromatic rings. The Hall–Kier alpha value is -3.11. The average Bonchev–Trinajstić information content (AvgIpc) is 3.26. The highest BCUT2D eigenvalue weighted by atomic mass is 32.2. The maximum absolute atomic E-state index is 15.2. The minimum Gasteiger partial charge on any atom is -0.454 e. The van der Waals surface area contributed by atoms with Crippen LogP contribution in [0.15, 0.2) is 87.1 Å². The zero-order valence-corrected chi connectivity index (χ0v) is 21.0. The molecule has 0 spiro atoms. The topological polar surface area (TPSA) is 17.0 Å². The van der Waals surface area contributed by atoms with Crippen LogP contribution in [0, 0.1) is 12.7 Å². The van der Waals surface area contributed by atoms with E-state index in [0.717, 1.165) is 38.1 Å². The lowest BCUT2D eigenvalue weighted by atomic mass is 9.84. The predicted octanol–water partition coefficient (Wildman–Crippen LogP) is 8.72. The summed E-state index contributed by atoms with van der Waals surface area (Å²) in [5, 5.41) is 1.96. The summed E-state index contributed by atoms with van der Waals surface area (Å²) in [7, 11) is 2.04. The lowest BCUT2D eigenvalue weighted by Crippen LogP contribution is -2.30. The Morgan fingerprint density at radius 1 is 0.857 bits per heavy atom. The molecule has 176 valence electrons. The Kier molecular flexibility index (Phi) is 5.85. The van der Waals surface area contributed by atoms with E-state index in [1.54, 1.807) is 6.07 Å². The number of furan rings is 1. The van der Waals surface area contributed by atoms with Crippen LogP contribution in [0.4, 0.5) is 4.39 Å². The summed E-state index contributed by atoms with van der Waals surface area (Å²) in [4.78, 5) is 1.58. The van der Waals surface area contributed by atoms with Crippen molar-refractivity contribution in [1.29, 1.82) is 0 Å². The van der Waals surface area contributed by atoms with Crippen LogP contribution in [-0.4, -0.2) is 0 Å². The van der Waals surface area contributed by atoms with Crippen molar-refractivity contribution in [3.05, 3.63) is 89.9 Å². The summed E-state index contributed by atoms with van der Waals surface area (Å²) in [6.07, 6.45) is 8.59. The molecule has 0 atom stereocenters. The Balaban J connectivity index is 1.44. The van der Waals surface area contributed by atoms with E-state index in [4.69, 9.17) is 4.42 Å². The molecule has 0 N–H and O–H groups in total. The van der Waals surface area contributed by atoms with Gasteiger partial charge in [-0.1, -0.05) is 55.3 Å². The van der Waals surface area contributed by atoms with Gasteiger partial charge in [-0.25, -0.2) is 8.96 Å². The number of hydrogen-bond acceptors (Lipinski definition) is 2. The van der Waals surface area contributed by atoms with Gasteiger partial charge in [0.25, 0.3) is 0 Å². The number of nitrogens with zero attached hydrogens (tertiary/aromatic N) is 1. The number of pyridine rings is 1. The molecule has 4 heteroatoms. The van der Waals surface area contributed by atoms with Crippen molar-refractivity contribution in [2.75, 3.05) is 0 Å². The van der Waals surface area contributed by atoms with Crippen molar-refractivity contribution in [2.45, 2.75) is 54.7 Å². The molecule has 6 rings (SSSR count). The number of halogens is 1. The van der Waals surface area contributed by atoms with Crippen LogP contribution < -0.4 is 4.57 Å². The molecule has 1 aliphatic carbocycles. The van der Waals surface area contributed by atoms with Gasteiger partial charge in [0.1, 0.15) is 18.4 Å². The molecular formula is C31H29FNOS+. The lowest BCUT2D eigenvalue weighted by Gasteiger charge is -2.22. The van der Waals surface area contributed by atoms with Gasteiger partial charge in [-0.15, -0.1) is 0 Å². The molecule has 0 saturated heterocycles. The highest BCUT2D eigenvalue weighted by Crippen LogP contribution is 2.43. The second kappa shape index (κ2) is 9.16. The van der Waals surface area contributed by atoms with Gasteiger partial charge >= 0.3 is 0 Å². The van der Waals surface area contributed by atoms with Crippen molar-refractivity contribution in [1.82, 2.24) is 0 Å². The maximum Gasteiger partial charge on any atom is 0.216 e. The maximum atomic E-state index is 15.2. The van der Waals surface area contributed by atoms with Gasteiger partial charge in [0.2, 0.25) is 5.69 Å². The lowest BCUT2D eigenvalue weighted by molar-refractivity contribution is -0.660. The van der Waals surface area contributed by atoms with Crippen molar-refractivity contribution >= 4 is 33.7 Å². The van der Waals surface area contributed by atoms with Crippen LogP contribution in [0.5, 0.6) is 0 Å². The van der Waals surface area contributed by atoms with Crippen LogP contribution in [0.3, 0.4) is 0 Å². The number of aromatic nitrogens is 1. The molecule has 0 aliphatic heterocycles. The van der Waals surface area contributed by atoms with E-state index in [2.05, 4.69) is 54.0 Å². The Labute approximate surface area is 209 Å². The van der Waals surface area contributed by atoms with Gasteiger partial charge in [-0.2, -0.15) is 0 Å². The molecule has 0 unspecified atom stereocenters. The first kappa shape index (κ1) is 22.4. The molecule has 0 amide bonds. The molecule has 1 saturated carbocycles. The smallest absolute Gasteiger partial charge is 0.216 e. The van der Waals surface area contributed by atoms with Crippen molar-refractivity contribution in [3.8, 4) is 11.3 Å². The van der Waals surface area contributed by atoms with Crippen LogP contribution >= 0.6 is 11.8 Å². The zero-order chi connectivity index (χ0) is 23.9. The van der Waals surface area contributed by atoms with Crippen molar-refractivity contribution in [3.63, 3.8) is 0 Å². The molecule has 1 fully saturated rings. The molecule has 2 heterocycles. The second-order valence-electron chi connectivity index (χ2n) is 9.69. The van der Waals surface area contributed by atoms with Crippen LogP contribution in [0.2, 0.25) is 0 Å². The summed E-state index contributed by atoms with van der Waals surface area (Å²) in [6, 6.07) is 22.5. The third-order valence-electron chi connectivity index (χ3n) is 7.41. The first-order chi connectivity index (χ1) is 17.1. The molecular weight excluding hydrogens is 453 g/mol. The minimum absolute atomic E-state index is 0.249. The second-order valence-corrected chi connectivity index (χ2v) is 10.8. The largest absolute Gasteiger partial charge is 0.454 e. The van der Waals surface area contributed by atoms with E-state index in [0.29, 0.717) is 16.4 Å². The summed E-state index contributed by atoms with van der Waals surface area (Å²) in [6.45, 7) is 2.10. The van der Waals surface area contributed by atoms with Crippen LogP contribution in [0.1, 0.15) is 49.1 Å². The van der Waals surface area contributed by atoms with E-state index in [9.17, 15) is 0 Å². The minimum atomic E-state index is -0.249. The number of rotatable bonds is 4. The molecule has 3 aromatic carbocycles. The van der Waals surface area contributed by atoms with E-state index >= 15 is 4.39 Å². The summed E-state index contributed by atoms with van der Waals surface area (Å²) >= 11 is 1.45. The molecule has 2 nitrogen and oxygen atoms in total. The average molecular weight is 483 g/mol.